The van der Waals surface area contributed by atoms with Gasteiger partial charge in [-0.2, -0.15) is 0 Å². The summed E-state index contributed by atoms with van der Waals surface area (Å²) >= 11 is 0. The van der Waals surface area contributed by atoms with E-state index >= 15 is 0 Å². The zero-order valence-corrected chi connectivity index (χ0v) is 15.0. The number of rotatable bonds is 7. The van der Waals surface area contributed by atoms with Gasteiger partial charge in [0.25, 0.3) is 0 Å². The summed E-state index contributed by atoms with van der Waals surface area (Å²) in [6, 6.07) is 15.5. The van der Waals surface area contributed by atoms with Crippen molar-refractivity contribution in [2.24, 2.45) is 0 Å². The van der Waals surface area contributed by atoms with Crippen LogP contribution < -0.4 is 9.47 Å². The van der Waals surface area contributed by atoms with Crippen molar-refractivity contribution in [2.75, 3.05) is 13.7 Å². The van der Waals surface area contributed by atoms with Gasteiger partial charge in [0.15, 0.2) is 0 Å². The molecule has 0 amide bonds. The van der Waals surface area contributed by atoms with E-state index in [-0.39, 0.29) is 6.61 Å². The maximum absolute atomic E-state index is 10.5. The molecule has 26 heavy (non-hydrogen) atoms. The lowest BCUT2D eigenvalue weighted by molar-refractivity contribution is 0.0919. The van der Waals surface area contributed by atoms with E-state index in [1.165, 1.54) is 19.3 Å². The van der Waals surface area contributed by atoms with Crippen molar-refractivity contribution in [3.05, 3.63) is 54.4 Å². The summed E-state index contributed by atoms with van der Waals surface area (Å²) in [5, 5.41) is 10.5. The van der Waals surface area contributed by atoms with Crippen molar-refractivity contribution in [1.82, 2.24) is 9.55 Å². The highest BCUT2D eigenvalue weighted by atomic mass is 16.5. The average Bonchev–Trinajstić information content (AvgIpc) is 2.97. The number of ether oxygens (including phenoxy) is 2. The van der Waals surface area contributed by atoms with E-state index < -0.39 is 6.10 Å². The number of aromatic nitrogens is 2. The van der Waals surface area contributed by atoms with Gasteiger partial charge in [-0.15, -0.1) is 0 Å². The number of hydrogen-bond donors (Lipinski definition) is 1. The number of aliphatic hydroxyl groups excluding tert-OH is 1. The van der Waals surface area contributed by atoms with Gasteiger partial charge in [-0.25, -0.2) is 4.98 Å². The quantitative estimate of drug-likeness (QED) is 0.703. The van der Waals surface area contributed by atoms with Crippen LogP contribution in [0.4, 0.5) is 0 Å². The molecule has 136 valence electrons. The second-order valence-electron chi connectivity index (χ2n) is 6.84. The maximum Gasteiger partial charge on any atom is 0.119 e. The Balaban J connectivity index is 1.47. The monoisotopic (exact) mass is 352 g/mol. The van der Waals surface area contributed by atoms with Gasteiger partial charge in [0.05, 0.1) is 24.7 Å². The smallest absolute Gasteiger partial charge is 0.119 e. The number of imidazole rings is 1. The molecule has 0 bridgehead atoms. The van der Waals surface area contributed by atoms with Gasteiger partial charge in [-0.1, -0.05) is 18.6 Å². The molecule has 1 aromatic heterocycles. The van der Waals surface area contributed by atoms with Gasteiger partial charge in [-0.05, 0) is 49.2 Å². The number of nitrogens with zero attached hydrogens (tertiary/aromatic N) is 2. The maximum atomic E-state index is 10.5. The molecule has 1 N–H and O–H groups in total. The average molecular weight is 352 g/mol. The Kier molecular flexibility index (Phi) is 4.80. The van der Waals surface area contributed by atoms with Crippen LogP contribution in [-0.2, 0) is 6.54 Å². The molecular weight excluding hydrogens is 328 g/mol. The van der Waals surface area contributed by atoms with Crippen LogP contribution in [-0.4, -0.2) is 34.5 Å². The topological polar surface area (TPSA) is 56.5 Å². The number of methoxy groups -OCH3 is 1. The summed E-state index contributed by atoms with van der Waals surface area (Å²) in [6.45, 7) is 0.728. The SMILES string of the molecule is COc1ccc(OCC(O)Cn2c(C3CCC3)nc3ccccc32)cc1. The molecular formula is C21H24N2O3. The van der Waals surface area contributed by atoms with Crippen molar-refractivity contribution < 1.29 is 14.6 Å². The molecule has 1 aliphatic rings. The first-order chi connectivity index (χ1) is 12.7. The largest absolute Gasteiger partial charge is 0.497 e. The van der Waals surface area contributed by atoms with E-state index in [0.29, 0.717) is 12.5 Å². The van der Waals surface area contributed by atoms with Gasteiger partial charge in [0, 0.05) is 5.92 Å². The predicted molar refractivity (Wildman–Crippen MR) is 101 cm³/mol. The number of para-hydroxylation sites is 2. The molecule has 1 atom stereocenters. The molecule has 3 aromatic rings. The van der Waals surface area contributed by atoms with Crippen LogP contribution in [0.3, 0.4) is 0 Å². The van der Waals surface area contributed by atoms with E-state index in [0.717, 1.165) is 28.4 Å². The fraction of sp³-hybridized carbons (Fsp3) is 0.381. The first-order valence-electron chi connectivity index (χ1n) is 9.14. The summed E-state index contributed by atoms with van der Waals surface area (Å²) in [4.78, 5) is 4.82. The van der Waals surface area contributed by atoms with Crippen LogP contribution >= 0.6 is 0 Å². The zero-order chi connectivity index (χ0) is 17.9. The molecule has 2 aromatic carbocycles. The fourth-order valence-corrected chi connectivity index (χ4v) is 3.39. The number of benzene rings is 2. The highest BCUT2D eigenvalue weighted by molar-refractivity contribution is 5.76. The van der Waals surface area contributed by atoms with Crippen molar-refractivity contribution >= 4 is 11.0 Å². The lowest BCUT2D eigenvalue weighted by Crippen LogP contribution is -2.26. The minimum atomic E-state index is -0.603. The van der Waals surface area contributed by atoms with E-state index in [1.807, 2.05) is 42.5 Å². The van der Waals surface area contributed by atoms with Crippen LogP contribution in [0.1, 0.15) is 31.0 Å². The molecule has 5 nitrogen and oxygen atoms in total. The Morgan fingerprint density at radius 2 is 1.85 bits per heavy atom. The Hall–Kier alpha value is -2.53. The number of aliphatic hydroxyl groups is 1. The molecule has 4 rings (SSSR count). The molecule has 1 saturated carbocycles. The molecule has 0 radical (unpaired) electrons. The Labute approximate surface area is 153 Å². The predicted octanol–water partition coefficient (Wildman–Crippen LogP) is 3.75. The van der Waals surface area contributed by atoms with Crippen LogP contribution in [0, 0.1) is 0 Å². The first kappa shape index (κ1) is 16.9. The molecule has 1 unspecified atom stereocenters. The summed E-state index contributed by atoms with van der Waals surface area (Å²) in [6.07, 6.45) is 3.02. The molecule has 1 fully saturated rings. The van der Waals surface area contributed by atoms with Crippen molar-refractivity contribution in [2.45, 2.75) is 37.8 Å². The van der Waals surface area contributed by atoms with E-state index in [9.17, 15) is 5.11 Å². The molecule has 0 spiro atoms. The Morgan fingerprint density at radius 1 is 1.12 bits per heavy atom. The number of fused-ring (bicyclic) bond motifs is 1. The van der Waals surface area contributed by atoms with Crippen LogP contribution in [0.15, 0.2) is 48.5 Å². The van der Waals surface area contributed by atoms with Crippen LogP contribution in [0.25, 0.3) is 11.0 Å². The van der Waals surface area contributed by atoms with Gasteiger partial charge in [-0.3, -0.25) is 0 Å². The van der Waals surface area contributed by atoms with Gasteiger partial charge in [0.1, 0.15) is 30.0 Å². The third kappa shape index (κ3) is 3.40. The molecule has 5 heteroatoms. The van der Waals surface area contributed by atoms with Gasteiger partial charge < -0.3 is 19.1 Å². The lowest BCUT2D eigenvalue weighted by Gasteiger charge is -2.26. The highest BCUT2D eigenvalue weighted by Crippen LogP contribution is 2.37. The normalized spacial score (nSPS) is 15.6. The second-order valence-corrected chi connectivity index (χ2v) is 6.84. The minimum Gasteiger partial charge on any atom is -0.497 e. The third-order valence-corrected chi connectivity index (χ3v) is 5.05. The Bertz CT molecular complexity index is 869. The fourth-order valence-electron chi connectivity index (χ4n) is 3.39. The van der Waals surface area contributed by atoms with E-state index in [1.54, 1.807) is 7.11 Å². The van der Waals surface area contributed by atoms with Crippen LogP contribution in [0.2, 0.25) is 0 Å². The molecule has 1 heterocycles. The molecule has 0 aliphatic heterocycles. The summed E-state index contributed by atoms with van der Waals surface area (Å²) in [7, 11) is 1.63. The third-order valence-electron chi connectivity index (χ3n) is 5.05. The summed E-state index contributed by atoms with van der Waals surface area (Å²) in [5.41, 5.74) is 2.08. The van der Waals surface area contributed by atoms with E-state index in [2.05, 4.69) is 10.6 Å². The van der Waals surface area contributed by atoms with E-state index in [4.69, 9.17) is 14.5 Å². The van der Waals surface area contributed by atoms with Crippen molar-refractivity contribution in [1.29, 1.82) is 0 Å². The standard InChI is InChI=1S/C21H24N2O3/c1-25-17-9-11-18(12-10-17)26-14-16(24)13-23-20-8-3-2-7-19(20)22-21(23)15-5-4-6-15/h2-3,7-12,15-16,24H,4-6,13-14H2,1H3. The summed E-state index contributed by atoms with van der Waals surface area (Å²) in [5.74, 6) is 3.12. The van der Waals surface area contributed by atoms with Crippen molar-refractivity contribution in [3.63, 3.8) is 0 Å². The van der Waals surface area contributed by atoms with Gasteiger partial charge >= 0.3 is 0 Å². The highest BCUT2D eigenvalue weighted by Gasteiger charge is 2.26. The zero-order valence-electron chi connectivity index (χ0n) is 15.0. The van der Waals surface area contributed by atoms with Gasteiger partial charge in [0.2, 0.25) is 0 Å². The summed E-state index contributed by atoms with van der Waals surface area (Å²) < 4.78 is 13.0. The Morgan fingerprint density at radius 3 is 2.54 bits per heavy atom. The number of hydrogen-bond acceptors (Lipinski definition) is 4. The molecule has 0 saturated heterocycles. The van der Waals surface area contributed by atoms with Crippen LogP contribution in [0.5, 0.6) is 11.5 Å². The minimum absolute atomic E-state index is 0.239. The lowest BCUT2D eigenvalue weighted by atomic mass is 9.85. The van der Waals surface area contributed by atoms with Crippen molar-refractivity contribution in [3.8, 4) is 11.5 Å². The second kappa shape index (κ2) is 7.38. The molecule has 1 aliphatic carbocycles. The first-order valence-corrected chi connectivity index (χ1v) is 9.14.